The van der Waals surface area contributed by atoms with Crippen molar-refractivity contribution in [2.24, 2.45) is 0 Å². The van der Waals surface area contributed by atoms with Gasteiger partial charge in [0.25, 0.3) is 0 Å². The molecule has 1 aromatic rings. The van der Waals surface area contributed by atoms with E-state index in [1.807, 2.05) is 0 Å². The van der Waals surface area contributed by atoms with E-state index in [-0.39, 0.29) is 11.6 Å². The maximum Gasteiger partial charge on any atom is 0.123 e. The Balaban J connectivity index is 1.60. The molecule has 0 aliphatic carbocycles. The molecule has 2 N–H and O–H groups in total. The predicted octanol–water partition coefficient (Wildman–Crippen LogP) is 2.64. The van der Waals surface area contributed by atoms with Crippen molar-refractivity contribution in [3.05, 3.63) is 29.6 Å². The Bertz CT molecular complexity index is 466. The fraction of sp³-hybridized carbons (Fsp3) is 0.625. The lowest BCUT2D eigenvalue weighted by molar-refractivity contribution is 0.0482. The highest BCUT2D eigenvalue weighted by atomic mass is 19.1. The summed E-state index contributed by atoms with van der Waals surface area (Å²) in [5.41, 5.74) is 0.647. The molecule has 2 aliphatic rings. The largest absolute Gasteiger partial charge is 0.508 e. The molecule has 1 aromatic carbocycles. The standard InChI is InChI=1S/C16H23FN2O/c1-19-14-3-2-4-15(19)9-13(8-14)18-10-11-7-12(17)5-6-16(11)20/h5-7,13-15,18,20H,2-4,8-10H2,1H3. The van der Waals surface area contributed by atoms with Gasteiger partial charge in [-0.15, -0.1) is 0 Å². The summed E-state index contributed by atoms with van der Waals surface area (Å²) in [6.07, 6.45) is 6.23. The Hall–Kier alpha value is -1.13. The summed E-state index contributed by atoms with van der Waals surface area (Å²) in [7, 11) is 2.24. The molecule has 110 valence electrons. The quantitative estimate of drug-likeness (QED) is 0.892. The molecule has 0 spiro atoms. The van der Waals surface area contributed by atoms with Crippen molar-refractivity contribution < 1.29 is 9.50 Å². The molecule has 3 rings (SSSR count). The van der Waals surface area contributed by atoms with Crippen LogP contribution in [0.1, 0.15) is 37.7 Å². The van der Waals surface area contributed by atoms with Crippen molar-refractivity contribution in [3.8, 4) is 5.75 Å². The van der Waals surface area contributed by atoms with E-state index in [1.54, 1.807) is 0 Å². The van der Waals surface area contributed by atoms with E-state index < -0.39 is 0 Å². The molecule has 2 unspecified atom stereocenters. The van der Waals surface area contributed by atoms with E-state index in [4.69, 9.17) is 0 Å². The number of nitrogens with one attached hydrogen (secondary N) is 1. The van der Waals surface area contributed by atoms with Gasteiger partial charge in [-0.05, 0) is 50.9 Å². The van der Waals surface area contributed by atoms with Gasteiger partial charge in [-0.2, -0.15) is 0 Å². The summed E-state index contributed by atoms with van der Waals surface area (Å²) in [6, 6.07) is 5.97. The molecule has 0 saturated carbocycles. The average Bonchev–Trinajstić information content (AvgIpc) is 2.40. The van der Waals surface area contributed by atoms with Crippen LogP contribution in [0.4, 0.5) is 4.39 Å². The number of piperidine rings is 2. The second-order valence-electron chi connectivity index (χ2n) is 6.23. The first-order chi connectivity index (χ1) is 9.63. The monoisotopic (exact) mass is 278 g/mol. The molecule has 2 aliphatic heterocycles. The first kappa shape index (κ1) is 13.8. The first-order valence-electron chi connectivity index (χ1n) is 7.56. The van der Waals surface area contributed by atoms with Gasteiger partial charge in [-0.1, -0.05) is 6.42 Å². The fourth-order valence-electron chi connectivity index (χ4n) is 3.73. The zero-order valence-corrected chi connectivity index (χ0v) is 12.0. The molecule has 2 heterocycles. The summed E-state index contributed by atoms with van der Waals surface area (Å²) in [5.74, 6) is -0.119. The summed E-state index contributed by atoms with van der Waals surface area (Å²) >= 11 is 0. The second-order valence-corrected chi connectivity index (χ2v) is 6.23. The lowest BCUT2D eigenvalue weighted by Crippen LogP contribution is -2.54. The molecule has 2 bridgehead atoms. The molecular weight excluding hydrogens is 255 g/mol. The molecule has 3 nitrogen and oxygen atoms in total. The van der Waals surface area contributed by atoms with Crippen molar-refractivity contribution in [2.45, 2.75) is 56.8 Å². The van der Waals surface area contributed by atoms with Crippen LogP contribution in [0, 0.1) is 5.82 Å². The van der Waals surface area contributed by atoms with Gasteiger partial charge in [0, 0.05) is 30.2 Å². The minimum atomic E-state index is -0.292. The lowest BCUT2D eigenvalue weighted by Gasteiger charge is -2.47. The van der Waals surface area contributed by atoms with Gasteiger partial charge in [0.1, 0.15) is 11.6 Å². The number of hydrogen-bond donors (Lipinski definition) is 2. The number of halogens is 1. The highest BCUT2D eigenvalue weighted by molar-refractivity contribution is 5.32. The molecular formula is C16H23FN2O. The van der Waals surface area contributed by atoms with E-state index in [1.165, 1.54) is 37.5 Å². The molecule has 2 atom stereocenters. The molecule has 2 fully saturated rings. The number of fused-ring (bicyclic) bond motifs is 2. The van der Waals surface area contributed by atoms with Crippen molar-refractivity contribution in [3.63, 3.8) is 0 Å². The molecule has 0 amide bonds. The van der Waals surface area contributed by atoms with Crippen molar-refractivity contribution in [1.82, 2.24) is 10.2 Å². The zero-order chi connectivity index (χ0) is 14.1. The Morgan fingerprint density at radius 3 is 2.70 bits per heavy atom. The second kappa shape index (κ2) is 5.70. The van der Waals surface area contributed by atoms with Crippen LogP contribution in [-0.4, -0.2) is 35.2 Å². The number of nitrogens with zero attached hydrogens (tertiary/aromatic N) is 1. The summed E-state index contributed by atoms with van der Waals surface area (Å²) in [4.78, 5) is 2.53. The van der Waals surface area contributed by atoms with Crippen LogP contribution in [-0.2, 0) is 6.54 Å². The maximum absolute atomic E-state index is 13.2. The van der Waals surface area contributed by atoms with Crippen molar-refractivity contribution in [2.75, 3.05) is 7.05 Å². The van der Waals surface area contributed by atoms with Crippen LogP contribution in [0.2, 0.25) is 0 Å². The fourth-order valence-corrected chi connectivity index (χ4v) is 3.73. The third-order valence-electron chi connectivity index (χ3n) is 4.96. The molecule has 4 heteroatoms. The van der Waals surface area contributed by atoms with E-state index in [0.717, 1.165) is 12.8 Å². The number of benzene rings is 1. The third kappa shape index (κ3) is 2.81. The topological polar surface area (TPSA) is 35.5 Å². The van der Waals surface area contributed by atoms with Gasteiger partial charge in [0.15, 0.2) is 0 Å². The Kier molecular flexibility index (Phi) is 3.94. The smallest absolute Gasteiger partial charge is 0.123 e. The number of aromatic hydroxyl groups is 1. The molecule has 0 aromatic heterocycles. The maximum atomic E-state index is 13.2. The van der Waals surface area contributed by atoms with Gasteiger partial charge in [0.2, 0.25) is 0 Å². The number of hydrogen-bond acceptors (Lipinski definition) is 3. The Morgan fingerprint density at radius 2 is 2.00 bits per heavy atom. The van der Waals surface area contributed by atoms with Crippen molar-refractivity contribution >= 4 is 0 Å². The van der Waals surface area contributed by atoms with Crippen LogP contribution in [0.25, 0.3) is 0 Å². The van der Waals surface area contributed by atoms with Gasteiger partial charge in [-0.25, -0.2) is 4.39 Å². The van der Waals surface area contributed by atoms with Crippen molar-refractivity contribution in [1.29, 1.82) is 0 Å². The highest BCUT2D eigenvalue weighted by Crippen LogP contribution is 2.32. The molecule has 20 heavy (non-hydrogen) atoms. The Morgan fingerprint density at radius 1 is 1.30 bits per heavy atom. The first-order valence-corrected chi connectivity index (χ1v) is 7.56. The van der Waals surface area contributed by atoms with Crippen LogP contribution in [0.15, 0.2) is 18.2 Å². The number of phenols is 1. The third-order valence-corrected chi connectivity index (χ3v) is 4.96. The van der Waals surface area contributed by atoms with Crippen LogP contribution < -0.4 is 5.32 Å². The zero-order valence-electron chi connectivity index (χ0n) is 12.0. The van der Waals surface area contributed by atoms with E-state index in [2.05, 4.69) is 17.3 Å². The minimum Gasteiger partial charge on any atom is -0.508 e. The minimum absolute atomic E-state index is 0.173. The van der Waals surface area contributed by atoms with Gasteiger partial charge in [-0.3, -0.25) is 0 Å². The number of phenolic OH excluding ortho intramolecular Hbond substituents is 1. The van der Waals surface area contributed by atoms with Gasteiger partial charge in [0.05, 0.1) is 0 Å². The normalized spacial score (nSPS) is 30.4. The van der Waals surface area contributed by atoms with E-state index >= 15 is 0 Å². The average molecular weight is 278 g/mol. The summed E-state index contributed by atoms with van der Waals surface area (Å²) in [6.45, 7) is 0.539. The number of rotatable bonds is 3. The van der Waals surface area contributed by atoms with Crippen LogP contribution in [0.3, 0.4) is 0 Å². The predicted molar refractivity (Wildman–Crippen MR) is 77.1 cm³/mol. The molecule has 0 radical (unpaired) electrons. The highest BCUT2D eigenvalue weighted by Gasteiger charge is 2.35. The SMILES string of the molecule is CN1C2CCCC1CC(NCc1cc(F)ccc1O)C2. The van der Waals surface area contributed by atoms with Gasteiger partial charge < -0.3 is 15.3 Å². The summed E-state index contributed by atoms with van der Waals surface area (Å²) in [5, 5.41) is 13.3. The van der Waals surface area contributed by atoms with E-state index in [9.17, 15) is 9.50 Å². The lowest BCUT2D eigenvalue weighted by atomic mass is 9.82. The Labute approximate surface area is 119 Å². The summed E-state index contributed by atoms with van der Waals surface area (Å²) < 4.78 is 13.2. The molecule has 2 saturated heterocycles. The van der Waals surface area contributed by atoms with E-state index in [0.29, 0.717) is 30.2 Å². The van der Waals surface area contributed by atoms with Crippen LogP contribution in [0.5, 0.6) is 5.75 Å². The van der Waals surface area contributed by atoms with Gasteiger partial charge >= 0.3 is 0 Å². The van der Waals surface area contributed by atoms with Crippen LogP contribution >= 0.6 is 0 Å².